The summed E-state index contributed by atoms with van der Waals surface area (Å²) in [5.74, 6) is 0.533. The first-order valence-electron chi connectivity index (χ1n) is 4.64. The van der Waals surface area contributed by atoms with Crippen LogP contribution in [0.5, 0.6) is 5.88 Å². The van der Waals surface area contributed by atoms with Crippen molar-refractivity contribution in [2.45, 2.75) is 19.1 Å². The van der Waals surface area contributed by atoms with Gasteiger partial charge in [0.1, 0.15) is 11.8 Å². The molecule has 1 aliphatic rings. The molecule has 1 aromatic heterocycles. The van der Waals surface area contributed by atoms with Gasteiger partial charge >= 0.3 is 0 Å². The van der Waals surface area contributed by atoms with E-state index in [1.165, 1.54) is 0 Å². The van der Waals surface area contributed by atoms with E-state index < -0.39 is 0 Å². The van der Waals surface area contributed by atoms with E-state index in [9.17, 15) is 0 Å². The van der Waals surface area contributed by atoms with Gasteiger partial charge in [0, 0.05) is 25.4 Å². The van der Waals surface area contributed by atoms with E-state index in [1.54, 1.807) is 12.4 Å². The lowest BCUT2D eigenvalue weighted by Crippen LogP contribution is -2.18. The van der Waals surface area contributed by atoms with E-state index in [0.29, 0.717) is 24.7 Å². The Labute approximate surface area is 82.3 Å². The number of aromatic nitrogens is 2. The quantitative estimate of drug-likeness (QED) is 0.740. The van der Waals surface area contributed by atoms with Crippen LogP contribution in [0.3, 0.4) is 0 Å². The molecule has 1 fully saturated rings. The molecule has 0 spiro atoms. The lowest BCUT2D eigenvalue weighted by atomic mass is 10.3. The summed E-state index contributed by atoms with van der Waals surface area (Å²) in [6, 6.07) is 0. The van der Waals surface area contributed by atoms with Gasteiger partial charge in [-0.2, -0.15) is 0 Å². The average molecular weight is 195 g/mol. The van der Waals surface area contributed by atoms with Crippen molar-refractivity contribution in [2.75, 3.05) is 13.2 Å². The van der Waals surface area contributed by atoms with E-state index in [-0.39, 0.29) is 6.10 Å². The Kier molecular flexibility index (Phi) is 2.90. The molecule has 1 atom stereocenters. The molecule has 1 aliphatic heterocycles. The summed E-state index contributed by atoms with van der Waals surface area (Å²) in [4.78, 5) is 8.18. The Morgan fingerprint density at radius 3 is 3.07 bits per heavy atom. The number of nitrogens with two attached hydrogens (primary N) is 1. The predicted molar refractivity (Wildman–Crippen MR) is 49.8 cm³/mol. The van der Waals surface area contributed by atoms with Gasteiger partial charge in [-0.1, -0.05) is 0 Å². The summed E-state index contributed by atoms with van der Waals surface area (Å²) in [6.07, 6.45) is 4.21. The predicted octanol–water partition coefficient (Wildman–Crippen LogP) is 0.103. The Balaban J connectivity index is 2.07. The smallest absolute Gasteiger partial charge is 0.237 e. The fraction of sp³-hybridized carbons (Fsp3) is 0.556. The largest absolute Gasteiger partial charge is 0.470 e. The van der Waals surface area contributed by atoms with Gasteiger partial charge in [0.15, 0.2) is 0 Å². The summed E-state index contributed by atoms with van der Waals surface area (Å²) in [5, 5.41) is 0. The monoisotopic (exact) mass is 195 g/mol. The first-order chi connectivity index (χ1) is 6.90. The molecule has 0 bridgehead atoms. The molecule has 1 unspecified atom stereocenters. The third kappa shape index (κ3) is 2.00. The van der Waals surface area contributed by atoms with E-state index in [4.69, 9.17) is 15.2 Å². The normalized spacial score (nSPS) is 21.1. The fourth-order valence-corrected chi connectivity index (χ4v) is 1.36. The summed E-state index contributed by atoms with van der Waals surface area (Å²) < 4.78 is 10.8. The highest BCUT2D eigenvalue weighted by molar-refractivity contribution is 5.17. The highest BCUT2D eigenvalue weighted by atomic mass is 16.5. The van der Waals surface area contributed by atoms with Crippen LogP contribution in [0.15, 0.2) is 12.4 Å². The average Bonchev–Trinajstić information content (AvgIpc) is 2.71. The summed E-state index contributed by atoms with van der Waals surface area (Å²) in [7, 11) is 0. The number of hydrogen-bond donors (Lipinski definition) is 1. The molecule has 0 aliphatic carbocycles. The van der Waals surface area contributed by atoms with Crippen LogP contribution in [0.25, 0.3) is 0 Å². The zero-order valence-electron chi connectivity index (χ0n) is 7.85. The highest BCUT2D eigenvalue weighted by Crippen LogP contribution is 2.16. The minimum atomic E-state index is 0.0944. The van der Waals surface area contributed by atoms with Crippen LogP contribution in [0, 0.1) is 0 Å². The van der Waals surface area contributed by atoms with E-state index in [0.717, 1.165) is 13.0 Å². The van der Waals surface area contributed by atoms with Crippen LogP contribution >= 0.6 is 0 Å². The van der Waals surface area contributed by atoms with Crippen LogP contribution in [0.1, 0.15) is 12.1 Å². The Hall–Kier alpha value is -1.20. The maximum atomic E-state index is 5.62. The second-order valence-corrected chi connectivity index (χ2v) is 3.12. The molecule has 2 rings (SSSR count). The van der Waals surface area contributed by atoms with Crippen LogP contribution < -0.4 is 10.5 Å². The Morgan fingerprint density at radius 1 is 1.50 bits per heavy atom. The molecule has 14 heavy (non-hydrogen) atoms. The minimum Gasteiger partial charge on any atom is -0.470 e. The summed E-state index contributed by atoms with van der Waals surface area (Å²) >= 11 is 0. The molecule has 1 aromatic rings. The van der Waals surface area contributed by atoms with Gasteiger partial charge in [0.05, 0.1) is 13.2 Å². The molecule has 0 amide bonds. The molecule has 0 saturated carbocycles. The van der Waals surface area contributed by atoms with Crippen molar-refractivity contribution in [3.8, 4) is 5.88 Å². The summed E-state index contributed by atoms with van der Waals surface area (Å²) in [5.41, 5.74) is 6.21. The van der Waals surface area contributed by atoms with Crippen molar-refractivity contribution >= 4 is 0 Å². The lowest BCUT2D eigenvalue weighted by Gasteiger charge is -2.12. The van der Waals surface area contributed by atoms with E-state index >= 15 is 0 Å². The molecule has 76 valence electrons. The zero-order valence-corrected chi connectivity index (χ0v) is 7.85. The van der Waals surface area contributed by atoms with Crippen molar-refractivity contribution in [1.82, 2.24) is 9.97 Å². The van der Waals surface area contributed by atoms with Gasteiger partial charge in [0.25, 0.3) is 0 Å². The second-order valence-electron chi connectivity index (χ2n) is 3.12. The van der Waals surface area contributed by atoms with Crippen molar-refractivity contribution in [3.63, 3.8) is 0 Å². The Bertz CT molecular complexity index is 300. The third-order valence-corrected chi connectivity index (χ3v) is 2.10. The molecular formula is C9H13N3O2. The highest BCUT2D eigenvalue weighted by Gasteiger charge is 2.19. The third-order valence-electron chi connectivity index (χ3n) is 2.10. The first kappa shape index (κ1) is 9.36. The van der Waals surface area contributed by atoms with Crippen molar-refractivity contribution < 1.29 is 9.47 Å². The maximum Gasteiger partial charge on any atom is 0.237 e. The number of hydrogen-bond acceptors (Lipinski definition) is 5. The summed E-state index contributed by atoms with van der Waals surface area (Å²) in [6.45, 7) is 1.72. The van der Waals surface area contributed by atoms with Gasteiger partial charge in [-0.25, -0.2) is 4.98 Å². The zero-order chi connectivity index (χ0) is 9.80. The van der Waals surface area contributed by atoms with Gasteiger partial charge in [-0.3, -0.25) is 4.98 Å². The fourth-order valence-electron chi connectivity index (χ4n) is 1.36. The van der Waals surface area contributed by atoms with Crippen molar-refractivity contribution in [2.24, 2.45) is 5.73 Å². The molecule has 0 aromatic carbocycles. The van der Waals surface area contributed by atoms with E-state index in [2.05, 4.69) is 9.97 Å². The molecule has 2 N–H and O–H groups in total. The van der Waals surface area contributed by atoms with Crippen molar-refractivity contribution in [1.29, 1.82) is 0 Å². The standard InChI is InChI=1S/C9H13N3O2/c10-5-8-9(12-3-2-11-8)14-7-1-4-13-6-7/h2-3,7H,1,4-6,10H2. The topological polar surface area (TPSA) is 70.3 Å². The van der Waals surface area contributed by atoms with Gasteiger partial charge in [0.2, 0.25) is 5.88 Å². The van der Waals surface area contributed by atoms with E-state index in [1.807, 2.05) is 0 Å². The van der Waals surface area contributed by atoms with Gasteiger partial charge < -0.3 is 15.2 Å². The first-order valence-corrected chi connectivity index (χ1v) is 4.64. The Morgan fingerprint density at radius 2 is 2.36 bits per heavy atom. The van der Waals surface area contributed by atoms with Crippen LogP contribution in [-0.2, 0) is 11.3 Å². The van der Waals surface area contributed by atoms with Crippen molar-refractivity contribution in [3.05, 3.63) is 18.1 Å². The van der Waals surface area contributed by atoms with Crippen LogP contribution in [0.4, 0.5) is 0 Å². The van der Waals surface area contributed by atoms with Gasteiger partial charge in [-0.15, -0.1) is 0 Å². The molecule has 5 nitrogen and oxygen atoms in total. The molecule has 0 radical (unpaired) electrons. The lowest BCUT2D eigenvalue weighted by molar-refractivity contribution is 0.137. The number of ether oxygens (including phenoxy) is 2. The molecule has 2 heterocycles. The molecular weight excluding hydrogens is 182 g/mol. The van der Waals surface area contributed by atoms with Crippen LogP contribution in [0.2, 0.25) is 0 Å². The maximum absolute atomic E-state index is 5.62. The number of nitrogens with zero attached hydrogens (tertiary/aromatic N) is 2. The van der Waals surface area contributed by atoms with Crippen LogP contribution in [-0.4, -0.2) is 29.3 Å². The molecule has 5 heteroatoms. The number of rotatable bonds is 3. The van der Waals surface area contributed by atoms with Gasteiger partial charge in [-0.05, 0) is 0 Å². The second kappa shape index (κ2) is 4.34. The SMILES string of the molecule is NCc1nccnc1OC1CCOC1. The minimum absolute atomic E-state index is 0.0944. The molecule has 1 saturated heterocycles.